The van der Waals surface area contributed by atoms with Crippen molar-refractivity contribution in [3.63, 3.8) is 0 Å². The van der Waals surface area contributed by atoms with Gasteiger partial charge >= 0.3 is 0 Å². The van der Waals surface area contributed by atoms with Crippen LogP contribution in [0.2, 0.25) is 0 Å². The number of hydrogen-bond acceptors (Lipinski definition) is 2. The van der Waals surface area contributed by atoms with E-state index in [0.717, 1.165) is 23.6 Å². The molecule has 0 unspecified atom stereocenters. The monoisotopic (exact) mass is 294 g/mol. The smallest absolute Gasteiger partial charge is 0.165 e. The van der Waals surface area contributed by atoms with E-state index in [2.05, 4.69) is 30.3 Å². The molecule has 0 aliphatic carbocycles. The van der Waals surface area contributed by atoms with E-state index in [1.807, 2.05) is 56.5 Å². The minimum absolute atomic E-state index is 0.729. The zero-order valence-electron chi connectivity index (χ0n) is 13.4. The van der Waals surface area contributed by atoms with Crippen molar-refractivity contribution in [2.24, 2.45) is 0 Å². The Morgan fingerprint density at radius 1 is 1.23 bits per heavy atom. The second-order valence-electron chi connectivity index (χ2n) is 5.01. The zero-order valence-corrected chi connectivity index (χ0v) is 13.4. The first kappa shape index (κ1) is 15.8. The van der Waals surface area contributed by atoms with E-state index < -0.39 is 0 Å². The molecule has 3 heteroatoms. The third-order valence-electron chi connectivity index (χ3n) is 3.16. The molecule has 1 aromatic carbocycles. The molecule has 0 fully saturated rings. The van der Waals surface area contributed by atoms with E-state index in [9.17, 15) is 0 Å². The maximum atomic E-state index is 5.89. The summed E-state index contributed by atoms with van der Waals surface area (Å²) >= 11 is 0. The van der Waals surface area contributed by atoms with Crippen LogP contribution in [0.5, 0.6) is 5.75 Å². The van der Waals surface area contributed by atoms with Crippen molar-refractivity contribution in [2.75, 3.05) is 0 Å². The van der Waals surface area contributed by atoms with Gasteiger partial charge in [0.2, 0.25) is 0 Å². The third-order valence-corrected chi connectivity index (χ3v) is 3.16. The van der Waals surface area contributed by atoms with Crippen LogP contribution < -0.4 is 4.74 Å². The largest absolute Gasteiger partial charge is 0.454 e. The highest BCUT2D eigenvalue weighted by Gasteiger charge is 2.03. The maximum Gasteiger partial charge on any atom is 0.165 e. The van der Waals surface area contributed by atoms with Gasteiger partial charge in [0.25, 0.3) is 0 Å². The summed E-state index contributed by atoms with van der Waals surface area (Å²) in [5, 5.41) is 4.34. The third kappa shape index (κ3) is 4.48. The van der Waals surface area contributed by atoms with Crippen LogP contribution in [0.4, 0.5) is 0 Å². The molecular formula is C19H22N2O. The normalized spacial score (nSPS) is 12.9. The van der Waals surface area contributed by atoms with Gasteiger partial charge in [0.05, 0.1) is 18.1 Å². The molecule has 0 atom stereocenters. The molecule has 0 spiro atoms. The summed E-state index contributed by atoms with van der Waals surface area (Å²) < 4.78 is 7.70. The lowest BCUT2D eigenvalue weighted by atomic mass is 10.2. The highest BCUT2D eigenvalue weighted by Crippen LogP contribution is 2.17. The topological polar surface area (TPSA) is 27.1 Å². The van der Waals surface area contributed by atoms with Gasteiger partial charge in [-0.2, -0.15) is 5.10 Å². The van der Waals surface area contributed by atoms with Gasteiger partial charge in [0, 0.05) is 0 Å². The van der Waals surface area contributed by atoms with Crippen LogP contribution in [0.3, 0.4) is 0 Å². The van der Waals surface area contributed by atoms with E-state index in [0.29, 0.717) is 0 Å². The van der Waals surface area contributed by atoms with Crippen molar-refractivity contribution in [3.05, 3.63) is 78.4 Å². The van der Waals surface area contributed by atoms with Crippen molar-refractivity contribution in [3.8, 4) is 11.4 Å². The molecule has 0 radical (unpaired) electrons. The molecule has 0 saturated heterocycles. The van der Waals surface area contributed by atoms with Crippen molar-refractivity contribution in [2.45, 2.75) is 27.2 Å². The standard InChI is InChI=1S/C19H22N2O/c1-4-6-10-16(3)13-18(5-2)22-19-14-20-21(15-19)17-11-8-7-9-12-17/h4-9,11-15H,10H2,1-3H3. The molecule has 1 aromatic heterocycles. The quantitative estimate of drug-likeness (QED) is 0.422. The first-order valence-electron chi connectivity index (χ1n) is 7.45. The van der Waals surface area contributed by atoms with Crippen molar-refractivity contribution in [1.29, 1.82) is 0 Å². The number of nitrogens with zero attached hydrogens (tertiary/aromatic N) is 2. The molecule has 2 rings (SSSR count). The van der Waals surface area contributed by atoms with Crippen molar-refractivity contribution in [1.82, 2.24) is 9.78 Å². The van der Waals surface area contributed by atoms with E-state index in [1.54, 1.807) is 10.9 Å². The van der Waals surface area contributed by atoms with Crippen molar-refractivity contribution >= 4 is 0 Å². The molecule has 0 N–H and O–H groups in total. The van der Waals surface area contributed by atoms with E-state index in [-0.39, 0.29) is 0 Å². The number of hydrogen-bond donors (Lipinski definition) is 0. The van der Waals surface area contributed by atoms with E-state index >= 15 is 0 Å². The van der Waals surface area contributed by atoms with Crippen LogP contribution in [0, 0.1) is 0 Å². The summed E-state index contributed by atoms with van der Waals surface area (Å²) in [7, 11) is 0. The maximum absolute atomic E-state index is 5.89. The summed E-state index contributed by atoms with van der Waals surface area (Å²) in [6, 6.07) is 9.98. The summed E-state index contributed by atoms with van der Waals surface area (Å²) in [6.45, 7) is 6.09. The molecular weight excluding hydrogens is 272 g/mol. The van der Waals surface area contributed by atoms with Gasteiger partial charge in [-0.3, -0.25) is 0 Å². The Morgan fingerprint density at radius 2 is 2.00 bits per heavy atom. The molecule has 1 heterocycles. The first-order chi connectivity index (χ1) is 10.7. The van der Waals surface area contributed by atoms with Crippen LogP contribution in [-0.4, -0.2) is 9.78 Å². The summed E-state index contributed by atoms with van der Waals surface area (Å²) in [5.41, 5.74) is 2.26. The van der Waals surface area contributed by atoms with Crippen LogP contribution in [0.25, 0.3) is 5.69 Å². The minimum Gasteiger partial charge on any atom is -0.454 e. The minimum atomic E-state index is 0.729. The van der Waals surface area contributed by atoms with Gasteiger partial charge in [-0.15, -0.1) is 0 Å². The SMILES string of the molecule is CC=CCC(C)=CC(=CC)Oc1cnn(-c2ccccc2)c1. The molecule has 114 valence electrons. The van der Waals surface area contributed by atoms with Gasteiger partial charge in [0.1, 0.15) is 5.76 Å². The fourth-order valence-corrected chi connectivity index (χ4v) is 1.99. The van der Waals surface area contributed by atoms with Gasteiger partial charge in [-0.1, -0.05) is 35.9 Å². The summed E-state index contributed by atoms with van der Waals surface area (Å²) in [5.74, 6) is 1.56. The molecule has 0 aliphatic rings. The number of allylic oxidation sites excluding steroid dienone is 5. The van der Waals surface area contributed by atoms with Crippen LogP contribution in [0.15, 0.2) is 78.4 Å². The molecule has 0 bridgehead atoms. The van der Waals surface area contributed by atoms with Gasteiger partial charge in [-0.25, -0.2) is 4.68 Å². The average molecular weight is 294 g/mol. The lowest BCUT2D eigenvalue weighted by Gasteiger charge is -2.05. The Morgan fingerprint density at radius 3 is 2.68 bits per heavy atom. The predicted octanol–water partition coefficient (Wildman–Crippen LogP) is 5.07. The highest BCUT2D eigenvalue weighted by molar-refractivity contribution is 5.33. The van der Waals surface area contributed by atoms with Gasteiger partial charge in [-0.05, 0) is 51.5 Å². The highest BCUT2D eigenvalue weighted by atomic mass is 16.5. The van der Waals surface area contributed by atoms with Gasteiger partial charge in [0.15, 0.2) is 5.75 Å². The average Bonchev–Trinajstić information content (AvgIpc) is 3.01. The fourth-order valence-electron chi connectivity index (χ4n) is 1.99. The Labute approximate surface area is 132 Å². The number of para-hydroxylation sites is 1. The molecule has 22 heavy (non-hydrogen) atoms. The van der Waals surface area contributed by atoms with Crippen LogP contribution in [-0.2, 0) is 0 Å². The lowest BCUT2D eigenvalue weighted by Crippen LogP contribution is -1.94. The van der Waals surface area contributed by atoms with Crippen LogP contribution in [0.1, 0.15) is 27.2 Å². The molecule has 3 nitrogen and oxygen atoms in total. The Kier molecular flexibility index (Phi) is 5.78. The molecule has 0 amide bonds. The molecule has 0 aliphatic heterocycles. The lowest BCUT2D eigenvalue weighted by molar-refractivity contribution is 0.442. The predicted molar refractivity (Wildman–Crippen MR) is 91.1 cm³/mol. The van der Waals surface area contributed by atoms with E-state index in [4.69, 9.17) is 4.74 Å². The number of ether oxygens (including phenoxy) is 1. The van der Waals surface area contributed by atoms with Gasteiger partial charge < -0.3 is 4.74 Å². The first-order valence-corrected chi connectivity index (χ1v) is 7.45. The van der Waals surface area contributed by atoms with E-state index in [1.165, 1.54) is 5.57 Å². The second-order valence-corrected chi connectivity index (χ2v) is 5.01. The zero-order chi connectivity index (χ0) is 15.8. The Hall–Kier alpha value is -2.55. The Balaban J connectivity index is 2.08. The molecule has 2 aromatic rings. The Bertz CT molecular complexity index is 678. The second kappa shape index (κ2) is 8.03. The number of aromatic nitrogens is 2. The fraction of sp³-hybridized carbons (Fsp3) is 0.211. The van der Waals surface area contributed by atoms with Crippen LogP contribution >= 0.6 is 0 Å². The number of benzene rings is 1. The molecule has 0 saturated carbocycles. The summed E-state index contributed by atoms with van der Waals surface area (Å²) in [6.07, 6.45) is 12.7. The summed E-state index contributed by atoms with van der Waals surface area (Å²) in [4.78, 5) is 0. The number of rotatable bonds is 6. The van der Waals surface area contributed by atoms with Crippen molar-refractivity contribution < 1.29 is 4.74 Å².